The van der Waals surface area contributed by atoms with E-state index < -0.39 is 0 Å². The number of pyridine rings is 1. The van der Waals surface area contributed by atoms with E-state index in [1.165, 1.54) is 4.88 Å². The lowest BCUT2D eigenvalue weighted by Gasteiger charge is -2.23. The molecule has 1 atom stereocenters. The van der Waals surface area contributed by atoms with Gasteiger partial charge in [-0.3, -0.25) is 4.79 Å². The fraction of sp³-hybridized carbons (Fsp3) is 0.286. The molecule has 0 aliphatic rings. The summed E-state index contributed by atoms with van der Waals surface area (Å²) in [5.41, 5.74) is 0.428. The largest absolute Gasteiger partial charge is 0.349 e. The van der Waals surface area contributed by atoms with E-state index in [2.05, 4.69) is 37.2 Å². The van der Waals surface area contributed by atoms with Crippen molar-refractivity contribution in [2.24, 2.45) is 0 Å². The summed E-state index contributed by atoms with van der Waals surface area (Å²) in [6.07, 6.45) is 1.62. The summed E-state index contributed by atoms with van der Waals surface area (Å²) < 4.78 is 0.860. The second kappa shape index (κ2) is 6.97. The molecular weight excluding hydrogens is 338 g/mol. The molecule has 0 aromatic carbocycles. The van der Waals surface area contributed by atoms with Crippen LogP contribution in [0.3, 0.4) is 0 Å². The maximum absolute atomic E-state index is 12.0. The number of likely N-dealkylation sites (N-methyl/N-ethyl adjacent to an activating group) is 1. The van der Waals surface area contributed by atoms with Crippen LogP contribution < -0.4 is 5.32 Å². The predicted molar refractivity (Wildman–Crippen MR) is 85.0 cm³/mol. The topological polar surface area (TPSA) is 45.2 Å². The van der Waals surface area contributed by atoms with Gasteiger partial charge in [-0.1, -0.05) is 6.07 Å². The summed E-state index contributed by atoms with van der Waals surface area (Å²) >= 11 is 5.00. The maximum Gasteiger partial charge on any atom is 0.269 e. The van der Waals surface area contributed by atoms with E-state index in [0.29, 0.717) is 12.2 Å². The average Bonchev–Trinajstić information content (AvgIpc) is 2.93. The van der Waals surface area contributed by atoms with Crippen LogP contribution in [0.15, 0.2) is 40.3 Å². The Morgan fingerprint density at radius 2 is 2.25 bits per heavy atom. The molecule has 1 amide bonds. The molecule has 6 heteroatoms. The Balaban J connectivity index is 1.99. The van der Waals surface area contributed by atoms with Gasteiger partial charge in [0.2, 0.25) is 0 Å². The molecule has 0 aliphatic heterocycles. The lowest BCUT2D eigenvalue weighted by atomic mass is 10.2. The van der Waals surface area contributed by atoms with Crippen molar-refractivity contribution in [1.82, 2.24) is 15.2 Å². The molecule has 2 aromatic heterocycles. The van der Waals surface area contributed by atoms with Crippen molar-refractivity contribution in [2.45, 2.75) is 6.04 Å². The van der Waals surface area contributed by atoms with Crippen molar-refractivity contribution >= 4 is 33.2 Å². The first-order valence-electron chi connectivity index (χ1n) is 6.17. The zero-order valence-electron chi connectivity index (χ0n) is 11.3. The summed E-state index contributed by atoms with van der Waals surface area (Å²) in [6, 6.07) is 7.79. The van der Waals surface area contributed by atoms with Gasteiger partial charge in [-0.05, 0) is 53.6 Å². The van der Waals surface area contributed by atoms with Crippen molar-refractivity contribution in [3.63, 3.8) is 0 Å². The number of rotatable bonds is 5. The highest BCUT2D eigenvalue weighted by molar-refractivity contribution is 9.10. The van der Waals surface area contributed by atoms with Gasteiger partial charge < -0.3 is 10.2 Å². The minimum absolute atomic E-state index is 0.152. The van der Waals surface area contributed by atoms with Crippen molar-refractivity contribution in [1.29, 1.82) is 0 Å². The first-order valence-corrected chi connectivity index (χ1v) is 7.85. The standard InChI is InChI=1S/C14H16BrN3OS/c1-18(2)12(13-4-3-7-20-13)9-17-14(19)11-6-5-10(15)8-16-11/h3-8,12H,9H2,1-2H3,(H,17,19). The molecule has 0 bridgehead atoms. The SMILES string of the molecule is CN(C)C(CNC(=O)c1ccc(Br)cn1)c1cccs1. The van der Waals surface area contributed by atoms with E-state index in [1.807, 2.05) is 31.6 Å². The van der Waals surface area contributed by atoms with E-state index in [9.17, 15) is 4.79 Å². The summed E-state index contributed by atoms with van der Waals surface area (Å²) in [5.74, 6) is -0.152. The second-order valence-corrected chi connectivity index (χ2v) is 6.46. The van der Waals surface area contributed by atoms with Crippen LogP contribution in [-0.4, -0.2) is 36.4 Å². The van der Waals surface area contributed by atoms with Crippen LogP contribution in [0.5, 0.6) is 0 Å². The van der Waals surface area contributed by atoms with Gasteiger partial charge >= 0.3 is 0 Å². The molecular formula is C14H16BrN3OS. The molecule has 1 unspecified atom stereocenters. The van der Waals surface area contributed by atoms with Crippen molar-refractivity contribution < 1.29 is 4.79 Å². The van der Waals surface area contributed by atoms with Crippen molar-refractivity contribution in [3.8, 4) is 0 Å². The average molecular weight is 354 g/mol. The minimum atomic E-state index is -0.152. The molecule has 0 radical (unpaired) electrons. The summed E-state index contributed by atoms with van der Waals surface area (Å²) in [7, 11) is 4.02. The lowest BCUT2D eigenvalue weighted by Crippen LogP contribution is -2.34. The molecule has 2 heterocycles. The Labute approximate surface area is 131 Å². The van der Waals surface area contributed by atoms with E-state index in [0.717, 1.165) is 4.47 Å². The second-order valence-electron chi connectivity index (χ2n) is 4.57. The van der Waals surface area contributed by atoms with E-state index in [1.54, 1.807) is 23.6 Å². The van der Waals surface area contributed by atoms with Gasteiger partial charge in [0.1, 0.15) is 5.69 Å². The molecule has 2 aromatic rings. The molecule has 20 heavy (non-hydrogen) atoms. The molecule has 4 nitrogen and oxygen atoms in total. The van der Waals surface area contributed by atoms with Gasteiger partial charge in [0.25, 0.3) is 5.91 Å². The highest BCUT2D eigenvalue weighted by Crippen LogP contribution is 2.22. The van der Waals surface area contributed by atoms with Crippen molar-refractivity contribution in [2.75, 3.05) is 20.6 Å². The normalized spacial score (nSPS) is 12.4. The molecule has 0 saturated carbocycles. The quantitative estimate of drug-likeness (QED) is 0.898. The monoisotopic (exact) mass is 353 g/mol. The van der Waals surface area contributed by atoms with Gasteiger partial charge in [-0.15, -0.1) is 11.3 Å². The molecule has 2 rings (SSSR count). The third kappa shape index (κ3) is 3.88. The summed E-state index contributed by atoms with van der Waals surface area (Å²) in [4.78, 5) is 19.5. The fourth-order valence-electron chi connectivity index (χ4n) is 1.81. The maximum atomic E-state index is 12.0. The van der Waals surface area contributed by atoms with Crippen LogP contribution in [0, 0.1) is 0 Å². The predicted octanol–water partition coefficient (Wildman–Crippen LogP) is 2.94. The smallest absolute Gasteiger partial charge is 0.269 e. The van der Waals surface area contributed by atoms with Gasteiger partial charge in [-0.2, -0.15) is 0 Å². The number of nitrogens with zero attached hydrogens (tertiary/aromatic N) is 2. The van der Waals surface area contributed by atoms with Crippen LogP contribution in [0.25, 0.3) is 0 Å². The number of carbonyl (C=O) groups is 1. The number of hydrogen-bond donors (Lipinski definition) is 1. The number of halogens is 1. The van der Waals surface area contributed by atoms with Crippen LogP contribution in [0.1, 0.15) is 21.4 Å². The summed E-state index contributed by atoms with van der Waals surface area (Å²) in [6.45, 7) is 0.560. The first-order chi connectivity index (χ1) is 9.58. The number of hydrogen-bond acceptors (Lipinski definition) is 4. The van der Waals surface area contributed by atoms with Gasteiger partial charge in [-0.25, -0.2) is 4.98 Å². The Hall–Kier alpha value is -1.24. The number of thiophene rings is 1. The number of aromatic nitrogens is 1. The first kappa shape index (κ1) is 15.2. The molecule has 106 valence electrons. The highest BCUT2D eigenvalue weighted by Gasteiger charge is 2.17. The molecule has 0 spiro atoms. The van der Waals surface area contributed by atoms with Crippen LogP contribution in [0.2, 0.25) is 0 Å². The number of carbonyl (C=O) groups excluding carboxylic acids is 1. The number of amides is 1. The van der Waals surface area contributed by atoms with Gasteiger partial charge in [0, 0.05) is 22.1 Å². The zero-order chi connectivity index (χ0) is 14.5. The third-order valence-electron chi connectivity index (χ3n) is 2.91. The summed E-state index contributed by atoms with van der Waals surface area (Å²) in [5, 5.41) is 4.98. The van der Waals surface area contributed by atoms with Crippen LogP contribution in [-0.2, 0) is 0 Å². The van der Waals surface area contributed by atoms with Gasteiger partial charge in [0.15, 0.2) is 0 Å². The Kier molecular flexibility index (Phi) is 5.28. The highest BCUT2D eigenvalue weighted by atomic mass is 79.9. The van der Waals surface area contributed by atoms with Crippen LogP contribution >= 0.6 is 27.3 Å². The van der Waals surface area contributed by atoms with E-state index >= 15 is 0 Å². The lowest BCUT2D eigenvalue weighted by molar-refractivity contribution is 0.0937. The number of nitrogens with one attached hydrogen (secondary N) is 1. The van der Waals surface area contributed by atoms with Crippen LogP contribution in [0.4, 0.5) is 0 Å². The van der Waals surface area contributed by atoms with E-state index in [4.69, 9.17) is 0 Å². The third-order valence-corrected chi connectivity index (χ3v) is 4.35. The zero-order valence-corrected chi connectivity index (χ0v) is 13.7. The Bertz CT molecular complexity index is 554. The Morgan fingerprint density at radius 3 is 2.80 bits per heavy atom. The van der Waals surface area contributed by atoms with Crippen molar-refractivity contribution in [3.05, 3.63) is 50.9 Å². The minimum Gasteiger partial charge on any atom is -0.349 e. The molecule has 0 aliphatic carbocycles. The molecule has 0 fully saturated rings. The van der Waals surface area contributed by atoms with Gasteiger partial charge in [0.05, 0.1) is 6.04 Å². The molecule has 0 saturated heterocycles. The molecule has 1 N–H and O–H groups in total. The van der Waals surface area contributed by atoms with E-state index in [-0.39, 0.29) is 11.9 Å². The fourth-order valence-corrected chi connectivity index (χ4v) is 2.97. The Morgan fingerprint density at radius 1 is 1.45 bits per heavy atom.